The summed E-state index contributed by atoms with van der Waals surface area (Å²) in [6.45, 7) is 0. The van der Waals surface area contributed by atoms with Crippen molar-refractivity contribution in [2.45, 2.75) is 0 Å². The molecule has 0 aliphatic rings. The van der Waals surface area contributed by atoms with Crippen LogP contribution in [0.2, 0.25) is 4.47 Å². The third kappa shape index (κ3) is 1.02. The van der Waals surface area contributed by atoms with E-state index in [4.69, 9.17) is 11.6 Å². The van der Waals surface area contributed by atoms with Crippen LogP contribution in [0.4, 0.5) is 0 Å². The van der Waals surface area contributed by atoms with Crippen molar-refractivity contribution in [2.24, 2.45) is 0 Å². The quantitative estimate of drug-likeness (QED) is 0.670. The van der Waals surface area contributed by atoms with Gasteiger partial charge in [-0.25, -0.2) is 9.97 Å². The van der Waals surface area contributed by atoms with E-state index in [0.29, 0.717) is 14.8 Å². The second-order valence-corrected chi connectivity index (χ2v) is 3.43. The second-order valence-electron chi connectivity index (χ2n) is 1.85. The lowest BCUT2D eigenvalue weighted by Crippen LogP contribution is -2.03. The van der Waals surface area contributed by atoms with Crippen molar-refractivity contribution in [3.05, 3.63) is 21.1 Å². The molecule has 11 heavy (non-hydrogen) atoms. The molecule has 4 nitrogen and oxygen atoms in total. The van der Waals surface area contributed by atoms with E-state index in [2.05, 4.69) is 15.0 Å². The van der Waals surface area contributed by atoms with Crippen molar-refractivity contribution in [2.75, 3.05) is 0 Å². The summed E-state index contributed by atoms with van der Waals surface area (Å²) in [6.07, 6.45) is 1.31. The van der Waals surface area contributed by atoms with Gasteiger partial charge < -0.3 is 4.98 Å². The number of H-pyrrole nitrogens is 1. The van der Waals surface area contributed by atoms with E-state index in [9.17, 15) is 4.79 Å². The number of nitrogens with zero attached hydrogens (tertiary/aromatic N) is 2. The molecule has 0 bridgehead atoms. The van der Waals surface area contributed by atoms with Gasteiger partial charge in [-0.05, 0) is 0 Å². The maximum Gasteiger partial charge on any atom is 0.270 e. The topological polar surface area (TPSA) is 58.6 Å². The third-order valence-electron chi connectivity index (χ3n) is 1.17. The van der Waals surface area contributed by atoms with Gasteiger partial charge in [0.05, 0.1) is 6.33 Å². The molecule has 0 atom stereocenters. The monoisotopic (exact) mass is 187 g/mol. The normalized spacial score (nSPS) is 10.6. The third-order valence-corrected chi connectivity index (χ3v) is 2.32. The number of thiazole rings is 1. The molecule has 2 aromatic rings. The van der Waals surface area contributed by atoms with Crippen LogP contribution >= 0.6 is 22.9 Å². The van der Waals surface area contributed by atoms with Gasteiger partial charge in [0.15, 0.2) is 10.1 Å². The number of hydrogen-bond donors (Lipinski definition) is 1. The second kappa shape index (κ2) is 2.28. The number of rotatable bonds is 0. The highest BCUT2D eigenvalue weighted by molar-refractivity contribution is 7.21. The Morgan fingerprint density at radius 3 is 3.18 bits per heavy atom. The molecule has 0 saturated carbocycles. The predicted octanol–water partition coefficient (Wildman–Crippen LogP) is 1.03. The van der Waals surface area contributed by atoms with Crippen LogP contribution in [0.15, 0.2) is 11.1 Å². The van der Waals surface area contributed by atoms with E-state index >= 15 is 0 Å². The van der Waals surface area contributed by atoms with Crippen molar-refractivity contribution in [3.63, 3.8) is 0 Å². The molecule has 2 heterocycles. The molecule has 0 fully saturated rings. The zero-order chi connectivity index (χ0) is 7.84. The van der Waals surface area contributed by atoms with E-state index in [1.165, 1.54) is 6.33 Å². The smallest absolute Gasteiger partial charge is 0.270 e. The van der Waals surface area contributed by atoms with Gasteiger partial charge in [-0.3, -0.25) is 4.79 Å². The molecule has 6 heteroatoms. The van der Waals surface area contributed by atoms with Crippen LogP contribution < -0.4 is 5.56 Å². The number of fused-ring (bicyclic) bond motifs is 1. The number of hydrogen-bond acceptors (Lipinski definition) is 4. The number of aromatic amines is 1. The predicted molar refractivity (Wildman–Crippen MR) is 43.0 cm³/mol. The molecule has 0 unspecified atom stereocenters. The fraction of sp³-hybridized carbons (Fsp3) is 0. The van der Waals surface area contributed by atoms with Crippen LogP contribution in [0.5, 0.6) is 0 Å². The first-order chi connectivity index (χ1) is 5.27. The molecule has 2 aromatic heterocycles. The molecule has 2 rings (SSSR count). The average Bonchev–Trinajstić information content (AvgIpc) is 2.31. The number of halogens is 1. The molecule has 0 aliphatic heterocycles. The van der Waals surface area contributed by atoms with E-state index in [1.54, 1.807) is 0 Å². The number of nitrogens with one attached hydrogen (secondary N) is 1. The molecular formula is C5H2ClN3OS. The maximum atomic E-state index is 11.0. The van der Waals surface area contributed by atoms with Crippen LogP contribution in [-0.2, 0) is 0 Å². The molecule has 56 valence electrons. The standard InChI is InChI=1S/C5H2ClN3OS/c6-5-9-3-2(11-5)4(10)8-1-7-3/h1H,(H,7,8,10). The first kappa shape index (κ1) is 6.75. The highest BCUT2D eigenvalue weighted by atomic mass is 35.5. The summed E-state index contributed by atoms with van der Waals surface area (Å²) in [5, 5.41) is 0. The fourth-order valence-electron chi connectivity index (χ4n) is 0.740. The summed E-state index contributed by atoms with van der Waals surface area (Å²) in [5.74, 6) is 0. The van der Waals surface area contributed by atoms with Crippen LogP contribution in [0, 0.1) is 0 Å². The molecule has 0 radical (unpaired) electrons. The first-order valence-corrected chi connectivity index (χ1v) is 3.96. The minimum absolute atomic E-state index is 0.195. The Morgan fingerprint density at radius 1 is 1.64 bits per heavy atom. The van der Waals surface area contributed by atoms with Gasteiger partial charge in [-0.1, -0.05) is 22.9 Å². The molecule has 0 spiro atoms. The Morgan fingerprint density at radius 2 is 2.45 bits per heavy atom. The van der Waals surface area contributed by atoms with E-state index < -0.39 is 0 Å². The molecule has 0 aliphatic carbocycles. The Hall–Kier alpha value is -0.940. The lowest BCUT2D eigenvalue weighted by atomic mass is 10.6. The van der Waals surface area contributed by atoms with E-state index in [0.717, 1.165) is 11.3 Å². The van der Waals surface area contributed by atoms with Crippen molar-refractivity contribution in [1.29, 1.82) is 0 Å². The van der Waals surface area contributed by atoms with Crippen LogP contribution in [0.1, 0.15) is 0 Å². The van der Waals surface area contributed by atoms with Crippen LogP contribution in [-0.4, -0.2) is 15.0 Å². The summed E-state index contributed by atoms with van der Waals surface area (Å²) >= 11 is 6.70. The Kier molecular flexibility index (Phi) is 1.40. The Balaban J connectivity index is 3.02. The SMILES string of the molecule is O=c1[nH]cnc2nc(Cl)sc12. The largest absolute Gasteiger partial charge is 0.312 e. The van der Waals surface area contributed by atoms with Crippen molar-refractivity contribution < 1.29 is 0 Å². The molecule has 0 aromatic carbocycles. The molecular weight excluding hydrogens is 186 g/mol. The fourth-order valence-corrected chi connectivity index (χ4v) is 1.69. The van der Waals surface area contributed by atoms with Gasteiger partial charge in [0.2, 0.25) is 0 Å². The molecule has 1 N–H and O–H groups in total. The molecule has 0 amide bonds. The lowest BCUT2D eigenvalue weighted by Gasteiger charge is -1.80. The van der Waals surface area contributed by atoms with Gasteiger partial charge in [0, 0.05) is 0 Å². The van der Waals surface area contributed by atoms with Crippen molar-refractivity contribution in [1.82, 2.24) is 15.0 Å². The van der Waals surface area contributed by atoms with Crippen LogP contribution in [0.25, 0.3) is 10.3 Å². The van der Waals surface area contributed by atoms with Gasteiger partial charge in [-0.2, -0.15) is 0 Å². The van der Waals surface area contributed by atoms with E-state index in [-0.39, 0.29) is 5.56 Å². The van der Waals surface area contributed by atoms with Crippen molar-refractivity contribution >= 4 is 33.3 Å². The highest BCUT2D eigenvalue weighted by Crippen LogP contribution is 2.19. The lowest BCUT2D eigenvalue weighted by molar-refractivity contribution is 1.16. The first-order valence-electron chi connectivity index (χ1n) is 2.77. The summed E-state index contributed by atoms with van der Waals surface area (Å²) in [6, 6.07) is 0. The van der Waals surface area contributed by atoms with Gasteiger partial charge >= 0.3 is 0 Å². The summed E-state index contributed by atoms with van der Waals surface area (Å²) in [4.78, 5) is 21.1. The zero-order valence-corrected chi connectivity index (χ0v) is 6.74. The number of aromatic nitrogens is 3. The summed E-state index contributed by atoms with van der Waals surface area (Å²) in [5.41, 5.74) is 0.211. The van der Waals surface area contributed by atoms with Crippen molar-refractivity contribution in [3.8, 4) is 0 Å². The minimum atomic E-state index is -0.195. The van der Waals surface area contributed by atoms with Gasteiger partial charge in [-0.15, -0.1) is 0 Å². The Labute approximate surface area is 69.9 Å². The maximum absolute atomic E-state index is 11.0. The van der Waals surface area contributed by atoms with E-state index in [1.807, 2.05) is 0 Å². The zero-order valence-electron chi connectivity index (χ0n) is 5.17. The highest BCUT2D eigenvalue weighted by Gasteiger charge is 2.04. The summed E-state index contributed by atoms with van der Waals surface area (Å²) < 4.78 is 0.807. The van der Waals surface area contributed by atoms with Gasteiger partial charge in [0.25, 0.3) is 5.56 Å². The minimum Gasteiger partial charge on any atom is -0.312 e. The summed E-state index contributed by atoms with van der Waals surface area (Å²) in [7, 11) is 0. The average molecular weight is 188 g/mol. The molecule has 0 saturated heterocycles. The van der Waals surface area contributed by atoms with Crippen LogP contribution in [0.3, 0.4) is 0 Å². The van der Waals surface area contributed by atoms with Gasteiger partial charge in [0.1, 0.15) is 4.70 Å². The Bertz CT molecular complexity index is 448.